The van der Waals surface area contributed by atoms with Crippen LogP contribution in [0.25, 0.3) is 0 Å². The third-order valence-corrected chi connectivity index (χ3v) is 1.94. The van der Waals surface area contributed by atoms with Crippen molar-refractivity contribution >= 4 is 5.69 Å². The first kappa shape index (κ1) is 14.5. The van der Waals surface area contributed by atoms with Gasteiger partial charge >= 0.3 is 12.0 Å². The number of nitriles is 1. The molecule has 1 rings (SSSR count). The number of rotatable bonds is 4. The fraction of sp³-hybridized carbons (Fsp3) is 0.333. The van der Waals surface area contributed by atoms with Crippen molar-refractivity contribution in [1.82, 2.24) is 4.98 Å². The minimum atomic E-state index is -5.05. The molecule has 102 valence electrons. The van der Waals surface area contributed by atoms with Gasteiger partial charge in [-0.15, -0.1) is 13.2 Å². The van der Waals surface area contributed by atoms with Gasteiger partial charge in [-0.05, 0) is 0 Å². The van der Waals surface area contributed by atoms with Gasteiger partial charge in [0.25, 0.3) is 5.88 Å². The number of nitrogens with zero attached hydrogens (tertiary/aromatic N) is 3. The van der Waals surface area contributed by atoms with Crippen molar-refractivity contribution in [3.05, 3.63) is 21.9 Å². The van der Waals surface area contributed by atoms with Gasteiger partial charge in [0, 0.05) is 0 Å². The van der Waals surface area contributed by atoms with Crippen LogP contribution < -0.4 is 9.47 Å². The van der Waals surface area contributed by atoms with Crippen LogP contribution in [0.1, 0.15) is 5.56 Å². The van der Waals surface area contributed by atoms with Gasteiger partial charge in [0.1, 0.15) is 0 Å². The molecule has 0 aliphatic heterocycles. The molecule has 0 bridgehead atoms. The molecule has 0 aromatic carbocycles. The highest BCUT2D eigenvalue weighted by atomic mass is 19.4. The Kier molecular flexibility index (Phi) is 4.11. The average molecular weight is 277 g/mol. The van der Waals surface area contributed by atoms with Crippen LogP contribution >= 0.6 is 0 Å². The smallest absolute Gasteiger partial charge is 0.476 e. The quantitative estimate of drug-likeness (QED) is 0.616. The van der Waals surface area contributed by atoms with Crippen LogP contribution in [-0.4, -0.2) is 23.4 Å². The van der Waals surface area contributed by atoms with E-state index in [1.807, 2.05) is 0 Å². The van der Waals surface area contributed by atoms with E-state index in [1.165, 1.54) is 6.07 Å². The summed E-state index contributed by atoms with van der Waals surface area (Å²) in [6, 6.07) is 1.52. The highest BCUT2D eigenvalue weighted by Crippen LogP contribution is 2.37. The second kappa shape index (κ2) is 5.38. The van der Waals surface area contributed by atoms with Crippen LogP contribution in [0.3, 0.4) is 0 Å². The summed E-state index contributed by atoms with van der Waals surface area (Å²) in [5, 5.41) is 19.4. The van der Waals surface area contributed by atoms with E-state index in [0.29, 0.717) is 6.20 Å². The zero-order valence-corrected chi connectivity index (χ0v) is 9.39. The number of hydrogen-bond donors (Lipinski definition) is 0. The summed E-state index contributed by atoms with van der Waals surface area (Å²) in [5.74, 6) is -1.40. The molecule has 0 amide bonds. The SMILES string of the molecule is COc1ncc(OC(F)(F)F)c(CC#N)c1[N+](=O)[O-]. The summed E-state index contributed by atoms with van der Waals surface area (Å²) in [4.78, 5) is 13.2. The third-order valence-electron chi connectivity index (χ3n) is 1.94. The lowest BCUT2D eigenvalue weighted by Crippen LogP contribution is -2.19. The highest BCUT2D eigenvalue weighted by molar-refractivity contribution is 5.55. The Balaban J connectivity index is 3.45. The fourth-order valence-corrected chi connectivity index (χ4v) is 1.30. The number of methoxy groups -OCH3 is 1. The van der Waals surface area contributed by atoms with Crippen molar-refractivity contribution in [2.24, 2.45) is 0 Å². The lowest BCUT2D eigenvalue weighted by molar-refractivity contribution is -0.387. The topological polar surface area (TPSA) is 98.3 Å². The summed E-state index contributed by atoms with van der Waals surface area (Å²) < 4.78 is 44.6. The van der Waals surface area contributed by atoms with E-state index < -0.39 is 40.6 Å². The van der Waals surface area contributed by atoms with Gasteiger partial charge in [0.15, 0.2) is 5.75 Å². The molecule has 0 spiro atoms. The Bertz CT molecular complexity index is 539. The predicted octanol–water partition coefficient (Wildman–Crippen LogP) is 1.96. The Hall–Kier alpha value is -2.57. The Labute approximate surface area is 104 Å². The van der Waals surface area contributed by atoms with Crippen LogP contribution in [-0.2, 0) is 6.42 Å². The summed E-state index contributed by atoms with van der Waals surface area (Å²) in [6.07, 6.45) is -5.08. The Morgan fingerprint density at radius 1 is 1.58 bits per heavy atom. The largest absolute Gasteiger partial charge is 0.573 e. The van der Waals surface area contributed by atoms with E-state index in [9.17, 15) is 23.3 Å². The molecule has 0 fully saturated rings. The van der Waals surface area contributed by atoms with Gasteiger partial charge in [-0.3, -0.25) is 10.1 Å². The van der Waals surface area contributed by atoms with Crippen molar-refractivity contribution in [3.63, 3.8) is 0 Å². The van der Waals surface area contributed by atoms with Gasteiger partial charge in [-0.1, -0.05) is 0 Å². The molecule has 0 unspecified atom stereocenters. The fourth-order valence-electron chi connectivity index (χ4n) is 1.30. The van der Waals surface area contributed by atoms with Crippen LogP contribution in [0.2, 0.25) is 0 Å². The average Bonchev–Trinajstić information content (AvgIpc) is 2.28. The minimum absolute atomic E-state index is 0.496. The molecule has 0 saturated heterocycles. The maximum atomic E-state index is 12.1. The molecule has 0 aliphatic rings. The summed E-state index contributed by atoms with van der Waals surface area (Å²) in [6.45, 7) is 0. The van der Waals surface area contributed by atoms with Crippen molar-refractivity contribution < 1.29 is 27.6 Å². The highest BCUT2D eigenvalue weighted by Gasteiger charge is 2.35. The van der Waals surface area contributed by atoms with Crippen molar-refractivity contribution in [1.29, 1.82) is 5.26 Å². The first-order valence-corrected chi connectivity index (χ1v) is 4.63. The normalized spacial score (nSPS) is 10.7. The van der Waals surface area contributed by atoms with E-state index in [1.54, 1.807) is 0 Å². The standard InChI is InChI=1S/C9H6F3N3O4/c1-18-8-7(15(16)17)5(2-3-13)6(4-14-8)19-9(10,11)12/h4H,2H2,1H3. The minimum Gasteiger partial charge on any atom is -0.476 e. The first-order valence-electron chi connectivity index (χ1n) is 4.63. The second-order valence-corrected chi connectivity index (χ2v) is 3.10. The molecular weight excluding hydrogens is 271 g/mol. The van der Waals surface area contributed by atoms with Crippen molar-refractivity contribution in [2.75, 3.05) is 7.11 Å². The molecule has 0 radical (unpaired) electrons. The number of nitro groups is 1. The lowest BCUT2D eigenvalue weighted by Gasteiger charge is -2.12. The van der Waals surface area contributed by atoms with Crippen LogP contribution in [0.15, 0.2) is 6.20 Å². The number of aromatic nitrogens is 1. The number of ether oxygens (including phenoxy) is 2. The maximum absolute atomic E-state index is 12.1. The molecule has 0 atom stereocenters. The summed E-state index contributed by atoms with van der Waals surface area (Å²) in [7, 11) is 1.07. The number of pyridine rings is 1. The third kappa shape index (κ3) is 3.44. The zero-order valence-electron chi connectivity index (χ0n) is 9.39. The number of halogens is 3. The van der Waals surface area contributed by atoms with Crippen molar-refractivity contribution in [3.8, 4) is 17.7 Å². The van der Waals surface area contributed by atoms with Crippen LogP contribution in [0.4, 0.5) is 18.9 Å². The van der Waals surface area contributed by atoms with Crippen LogP contribution in [0, 0.1) is 21.4 Å². The number of alkyl halides is 3. The molecular formula is C9H6F3N3O4. The van der Waals surface area contributed by atoms with Crippen LogP contribution in [0.5, 0.6) is 11.6 Å². The monoisotopic (exact) mass is 277 g/mol. The predicted molar refractivity (Wildman–Crippen MR) is 53.4 cm³/mol. The van der Waals surface area contributed by atoms with E-state index in [0.717, 1.165) is 7.11 Å². The maximum Gasteiger partial charge on any atom is 0.573 e. The zero-order chi connectivity index (χ0) is 14.6. The van der Waals surface area contributed by atoms with Crippen molar-refractivity contribution in [2.45, 2.75) is 12.8 Å². The molecule has 19 heavy (non-hydrogen) atoms. The van der Waals surface area contributed by atoms with Gasteiger partial charge in [-0.2, -0.15) is 5.26 Å². The first-order chi connectivity index (χ1) is 8.80. The van der Waals surface area contributed by atoms with E-state index in [4.69, 9.17) is 5.26 Å². The van der Waals surface area contributed by atoms with Gasteiger partial charge < -0.3 is 9.47 Å². The summed E-state index contributed by atoms with van der Waals surface area (Å²) >= 11 is 0. The Morgan fingerprint density at radius 2 is 2.21 bits per heavy atom. The molecule has 10 heteroatoms. The van der Waals surface area contributed by atoms with Gasteiger partial charge in [0.05, 0.1) is 36.3 Å². The molecule has 1 heterocycles. The molecule has 1 aromatic heterocycles. The molecule has 0 saturated carbocycles. The molecule has 7 nitrogen and oxygen atoms in total. The van der Waals surface area contributed by atoms with E-state index >= 15 is 0 Å². The van der Waals surface area contributed by atoms with E-state index in [-0.39, 0.29) is 0 Å². The van der Waals surface area contributed by atoms with E-state index in [2.05, 4.69) is 14.5 Å². The van der Waals surface area contributed by atoms with Gasteiger partial charge in [-0.25, -0.2) is 4.98 Å². The molecule has 0 aliphatic carbocycles. The second-order valence-electron chi connectivity index (χ2n) is 3.10. The molecule has 0 N–H and O–H groups in total. The Morgan fingerprint density at radius 3 is 2.63 bits per heavy atom. The summed E-state index contributed by atoms with van der Waals surface area (Å²) in [5.41, 5.74) is -1.37. The van der Waals surface area contributed by atoms with Gasteiger partial charge in [0.2, 0.25) is 0 Å². The molecule has 1 aromatic rings. The lowest BCUT2D eigenvalue weighted by atomic mass is 10.1. The number of hydrogen-bond acceptors (Lipinski definition) is 6.